The Kier molecular flexibility index (Phi) is 3.91. The number of hydrogen-bond donors (Lipinski definition) is 2. The number of carbonyl (C=O) groups is 1. The summed E-state index contributed by atoms with van der Waals surface area (Å²) in [5, 5.41) is 6.48. The van der Waals surface area contributed by atoms with E-state index in [1.165, 1.54) is 0 Å². The summed E-state index contributed by atoms with van der Waals surface area (Å²) in [7, 11) is 0. The summed E-state index contributed by atoms with van der Waals surface area (Å²) in [4.78, 5) is 12.2. The number of rotatable bonds is 3. The van der Waals surface area contributed by atoms with Gasteiger partial charge in [-0.25, -0.2) is 4.79 Å². The van der Waals surface area contributed by atoms with Crippen LogP contribution in [-0.4, -0.2) is 6.03 Å². The quantitative estimate of drug-likeness (QED) is 0.797. The molecule has 21 heavy (non-hydrogen) atoms. The van der Waals surface area contributed by atoms with Crippen molar-refractivity contribution in [3.05, 3.63) is 63.6 Å². The molecule has 0 atom stereocenters. The van der Waals surface area contributed by atoms with Crippen LogP contribution in [0.4, 0.5) is 10.5 Å². The SMILES string of the molecule is O=C(Nc1cccc(Cl)c1)NC1(c2cccc(Br)c2)CC1. The summed E-state index contributed by atoms with van der Waals surface area (Å²) in [5.74, 6) is 0. The highest BCUT2D eigenvalue weighted by Gasteiger charge is 2.45. The molecule has 0 spiro atoms. The number of anilines is 1. The van der Waals surface area contributed by atoms with E-state index in [-0.39, 0.29) is 11.6 Å². The van der Waals surface area contributed by atoms with Gasteiger partial charge < -0.3 is 10.6 Å². The third kappa shape index (κ3) is 3.39. The predicted octanol–water partition coefficient (Wildman–Crippen LogP) is 4.91. The van der Waals surface area contributed by atoms with Crippen molar-refractivity contribution in [3.63, 3.8) is 0 Å². The van der Waals surface area contributed by atoms with Crippen LogP contribution in [0, 0.1) is 0 Å². The van der Waals surface area contributed by atoms with E-state index in [2.05, 4.69) is 26.6 Å². The zero-order valence-corrected chi connectivity index (χ0v) is 13.5. The van der Waals surface area contributed by atoms with E-state index in [1.54, 1.807) is 18.2 Å². The lowest BCUT2D eigenvalue weighted by Gasteiger charge is -2.19. The molecular formula is C16H14BrClN2O. The molecule has 2 amide bonds. The van der Waals surface area contributed by atoms with Crippen molar-refractivity contribution in [3.8, 4) is 0 Å². The minimum absolute atomic E-state index is 0.213. The summed E-state index contributed by atoms with van der Waals surface area (Å²) in [6.07, 6.45) is 1.90. The van der Waals surface area contributed by atoms with Crippen LogP contribution in [0.5, 0.6) is 0 Å². The van der Waals surface area contributed by atoms with Gasteiger partial charge in [0, 0.05) is 15.2 Å². The van der Waals surface area contributed by atoms with Crippen LogP contribution >= 0.6 is 27.5 Å². The van der Waals surface area contributed by atoms with Crippen LogP contribution in [0.1, 0.15) is 18.4 Å². The first-order chi connectivity index (χ1) is 10.1. The average molecular weight is 366 g/mol. The lowest BCUT2D eigenvalue weighted by atomic mass is 10.1. The van der Waals surface area contributed by atoms with Gasteiger partial charge in [-0.3, -0.25) is 0 Å². The van der Waals surface area contributed by atoms with Gasteiger partial charge in [0.05, 0.1) is 5.54 Å². The van der Waals surface area contributed by atoms with E-state index < -0.39 is 0 Å². The van der Waals surface area contributed by atoms with Crippen LogP contribution in [0.3, 0.4) is 0 Å². The molecular weight excluding hydrogens is 352 g/mol. The number of carbonyl (C=O) groups excluding carboxylic acids is 1. The summed E-state index contributed by atoms with van der Waals surface area (Å²) in [5.41, 5.74) is 1.56. The van der Waals surface area contributed by atoms with E-state index in [1.807, 2.05) is 30.3 Å². The lowest BCUT2D eigenvalue weighted by molar-refractivity contribution is 0.247. The number of benzene rings is 2. The zero-order chi connectivity index (χ0) is 14.9. The Bertz CT molecular complexity index is 685. The third-order valence-electron chi connectivity index (χ3n) is 3.56. The maximum Gasteiger partial charge on any atom is 0.319 e. The van der Waals surface area contributed by atoms with Crippen molar-refractivity contribution in [1.29, 1.82) is 0 Å². The van der Waals surface area contributed by atoms with Gasteiger partial charge in [0.15, 0.2) is 0 Å². The molecule has 0 heterocycles. The number of nitrogens with one attached hydrogen (secondary N) is 2. The van der Waals surface area contributed by atoms with Gasteiger partial charge in [0.25, 0.3) is 0 Å². The largest absolute Gasteiger partial charge is 0.328 e. The molecule has 0 bridgehead atoms. The number of urea groups is 1. The second-order valence-electron chi connectivity index (χ2n) is 5.18. The minimum atomic E-state index is -0.244. The van der Waals surface area contributed by atoms with Crippen molar-refractivity contribution in [2.45, 2.75) is 18.4 Å². The summed E-state index contributed by atoms with van der Waals surface area (Å²) >= 11 is 9.38. The first-order valence-corrected chi connectivity index (χ1v) is 7.85. The van der Waals surface area contributed by atoms with Crippen LogP contribution in [0.25, 0.3) is 0 Å². The Balaban J connectivity index is 1.70. The van der Waals surface area contributed by atoms with Gasteiger partial charge in [-0.1, -0.05) is 45.7 Å². The number of amides is 2. The Morgan fingerprint density at radius 2 is 1.90 bits per heavy atom. The highest BCUT2D eigenvalue weighted by molar-refractivity contribution is 9.10. The fraction of sp³-hybridized carbons (Fsp3) is 0.188. The fourth-order valence-electron chi connectivity index (χ4n) is 2.34. The third-order valence-corrected chi connectivity index (χ3v) is 4.29. The Morgan fingerprint density at radius 3 is 2.57 bits per heavy atom. The second kappa shape index (κ2) is 5.70. The molecule has 1 saturated carbocycles. The summed E-state index contributed by atoms with van der Waals surface area (Å²) < 4.78 is 1.02. The zero-order valence-electron chi connectivity index (χ0n) is 11.2. The van der Waals surface area contributed by atoms with E-state index in [0.717, 1.165) is 22.9 Å². The number of hydrogen-bond acceptors (Lipinski definition) is 1. The fourth-order valence-corrected chi connectivity index (χ4v) is 2.93. The molecule has 0 aromatic heterocycles. The van der Waals surface area contributed by atoms with Gasteiger partial charge in [0.2, 0.25) is 0 Å². The molecule has 2 N–H and O–H groups in total. The average Bonchev–Trinajstić information content (AvgIpc) is 3.19. The van der Waals surface area contributed by atoms with Crippen molar-refractivity contribution >= 4 is 39.2 Å². The van der Waals surface area contributed by atoms with Crippen molar-refractivity contribution in [2.24, 2.45) is 0 Å². The van der Waals surface area contributed by atoms with Crippen molar-refractivity contribution < 1.29 is 4.79 Å². The van der Waals surface area contributed by atoms with Gasteiger partial charge in [0.1, 0.15) is 0 Å². The summed E-state index contributed by atoms with van der Waals surface area (Å²) in [6, 6.07) is 14.9. The van der Waals surface area contributed by atoms with Gasteiger partial charge in [-0.15, -0.1) is 0 Å². The van der Waals surface area contributed by atoms with Crippen LogP contribution < -0.4 is 10.6 Å². The van der Waals surface area contributed by atoms with Crippen LogP contribution in [-0.2, 0) is 5.54 Å². The van der Waals surface area contributed by atoms with Crippen LogP contribution in [0.15, 0.2) is 53.0 Å². The molecule has 0 unspecified atom stereocenters. The predicted molar refractivity (Wildman–Crippen MR) is 88.7 cm³/mol. The molecule has 0 saturated heterocycles. The van der Waals surface area contributed by atoms with Crippen LogP contribution in [0.2, 0.25) is 5.02 Å². The van der Waals surface area contributed by atoms with Gasteiger partial charge in [-0.2, -0.15) is 0 Å². The molecule has 0 aliphatic heterocycles. The molecule has 2 aromatic carbocycles. The standard InChI is InChI=1S/C16H14BrClN2O/c17-12-4-1-3-11(9-12)16(7-8-16)20-15(21)19-14-6-2-5-13(18)10-14/h1-6,9-10H,7-8H2,(H2,19,20,21). The lowest BCUT2D eigenvalue weighted by Crippen LogP contribution is -2.38. The molecule has 2 aromatic rings. The molecule has 3 nitrogen and oxygen atoms in total. The van der Waals surface area contributed by atoms with Crippen molar-refractivity contribution in [2.75, 3.05) is 5.32 Å². The normalized spacial score (nSPS) is 15.3. The first-order valence-electron chi connectivity index (χ1n) is 6.68. The number of halogens is 2. The van der Waals surface area contributed by atoms with E-state index in [9.17, 15) is 4.79 Å². The highest BCUT2D eigenvalue weighted by Crippen LogP contribution is 2.46. The van der Waals surface area contributed by atoms with Crippen molar-refractivity contribution in [1.82, 2.24) is 5.32 Å². The molecule has 5 heteroatoms. The van der Waals surface area contributed by atoms with Gasteiger partial charge in [-0.05, 0) is 48.7 Å². The molecule has 3 rings (SSSR count). The summed E-state index contributed by atoms with van der Waals surface area (Å²) in [6.45, 7) is 0. The van der Waals surface area contributed by atoms with Gasteiger partial charge >= 0.3 is 6.03 Å². The Labute approximate surface area is 136 Å². The molecule has 0 radical (unpaired) electrons. The maximum absolute atomic E-state index is 12.2. The topological polar surface area (TPSA) is 41.1 Å². The molecule has 1 aliphatic carbocycles. The highest BCUT2D eigenvalue weighted by atomic mass is 79.9. The monoisotopic (exact) mass is 364 g/mol. The van der Waals surface area contributed by atoms with E-state index >= 15 is 0 Å². The van der Waals surface area contributed by atoms with E-state index in [4.69, 9.17) is 11.6 Å². The molecule has 1 fully saturated rings. The Hall–Kier alpha value is -1.52. The molecule has 1 aliphatic rings. The first kappa shape index (κ1) is 14.4. The molecule has 108 valence electrons. The second-order valence-corrected chi connectivity index (χ2v) is 6.53. The smallest absolute Gasteiger partial charge is 0.319 e. The Morgan fingerprint density at radius 1 is 1.14 bits per heavy atom. The minimum Gasteiger partial charge on any atom is -0.328 e. The van der Waals surface area contributed by atoms with E-state index in [0.29, 0.717) is 10.7 Å². The maximum atomic E-state index is 12.2.